The minimum atomic E-state index is -0.0956. The molecule has 1 N–H and O–H groups in total. The Labute approximate surface area is 64.5 Å². The summed E-state index contributed by atoms with van der Waals surface area (Å²) >= 11 is 0. The predicted octanol–water partition coefficient (Wildman–Crippen LogP) is 2.40. The summed E-state index contributed by atoms with van der Waals surface area (Å²) in [5.41, 5.74) is 0. The molecule has 0 aromatic carbocycles. The first-order valence-corrected chi connectivity index (χ1v) is 4.18. The van der Waals surface area contributed by atoms with Gasteiger partial charge in [0.05, 0.1) is 6.10 Å². The van der Waals surface area contributed by atoms with Gasteiger partial charge in [0.2, 0.25) is 0 Å². The van der Waals surface area contributed by atoms with E-state index in [0.717, 1.165) is 25.7 Å². The summed E-state index contributed by atoms with van der Waals surface area (Å²) in [4.78, 5) is 0. The van der Waals surface area contributed by atoms with Crippen molar-refractivity contribution in [1.82, 2.24) is 0 Å². The fraction of sp³-hybridized carbons (Fsp3) is 0.889. The van der Waals surface area contributed by atoms with Crippen molar-refractivity contribution >= 4 is 0 Å². The average Bonchev–Trinajstić information content (AvgIpc) is 1.88. The van der Waals surface area contributed by atoms with Crippen molar-refractivity contribution in [2.24, 2.45) is 5.92 Å². The largest absolute Gasteiger partial charge is 0.393 e. The molecule has 0 amide bonds. The van der Waals surface area contributed by atoms with Crippen LogP contribution in [0.25, 0.3) is 0 Å². The lowest BCUT2D eigenvalue weighted by Crippen LogP contribution is -2.10. The fourth-order valence-electron chi connectivity index (χ4n) is 1.03. The van der Waals surface area contributed by atoms with Gasteiger partial charge in [0, 0.05) is 0 Å². The second-order valence-corrected chi connectivity index (χ2v) is 3.07. The van der Waals surface area contributed by atoms with Gasteiger partial charge < -0.3 is 5.11 Å². The number of hydrogen-bond donors (Lipinski definition) is 1. The zero-order valence-corrected chi connectivity index (χ0v) is 7.14. The third-order valence-electron chi connectivity index (χ3n) is 1.79. The highest BCUT2D eigenvalue weighted by Gasteiger charge is 2.06. The zero-order valence-electron chi connectivity index (χ0n) is 7.14. The van der Waals surface area contributed by atoms with E-state index >= 15 is 0 Å². The van der Waals surface area contributed by atoms with Crippen molar-refractivity contribution in [3.05, 3.63) is 6.92 Å². The Morgan fingerprint density at radius 2 is 2.10 bits per heavy atom. The molecule has 0 aliphatic carbocycles. The van der Waals surface area contributed by atoms with Crippen LogP contribution in [0.3, 0.4) is 0 Å². The molecule has 0 aromatic heterocycles. The van der Waals surface area contributed by atoms with E-state index in [-0.39, 0.29) is 6.10 Å². The highest BCUT2D eigenvalue weighted by molar-refractivity contribution is 4.61. The summed E-state index contributed by atoms with van der Waals surface area (Å²) in [6.07, 6.45) is 3.76. The summed E-state index contributed by atoms with van der Waals surface area (Å²) in [5, 5.41) is 9.32. The molecule has 10 heavy (non-hydrogen) atoms. The monoisotopic (exact) mass is 143 g/mol. The minimum Gasteiger partial charge on any atom is -0.393 e. The van der Waals surface area contributed by atoms with Crippen LogP contribution in [0.15, 0.2) is 0 Å². The predicted molar refractivity (Wildman–Crippen MR) is 44.7 cm³/mol. The normalized spacial score (nSPS) is 16.8. The maximum absolute atomic E-state index is 9.32. The van der Waals surface area contributed by atoms with Gasteiger partial charge in [-0.3, -0.25) is 0 Å². The number of hydrogen-bond acceptors (Lipinski definition) is 1. The molecule has 0 aliphatic heterocycles. The number of rotatable bonds is 5. The van der Waals surface area contributed by atoms with Crippen molar-refractivity contribution in [3.8, 4) is 0 Å². The Morgan fingerprint density at radius 1 is 1.50 bits per heavy atom. The summed E-state index contributed by atoms with van der Waals surface area (Å²) < 4.78 is 0. The van der Waals surface area contributed by atoms with Gasteiger partial charge in [-0.05, 0) is 18.8 Å². The van der Waals surface area contributed by atoms with Gasteiger partial charge in [-0.25, -0.2) is 0 Å². The molecule has 0 aliphatic rings. The Bertz CT molecular complexity index is 71.1. The highest BCUT2D eigenvalue weighted by Crippen LogP contribution is 2.12. The average molecular weight is 143 g/mol. The standard InChI is InChI=1S/C9H19O/c1-4-6-9(10)7-8(3)5-2/h8-10H,2,4-7H2,1,3H3. The van der Waals surface area contributed by atoms with Crippen LogP contribution in [0.1, 0.15) is 39.5 Å². The van der Waals surface area contributed by atoms with E-state index < -0.39 is 0 Å². The quantitative estimate of drug-likeness (QED) is 0.626. The van der Waals surface area contributed by atoms with Gasteiger partial charge in [-0.2, -0.15) is 0 Å². The van der Waals surface area contributed by atoms with Crippen LogP contribution in [-0.2, 0) is 0 Å². The van der Waals surface area contributed by atoms with Crippen molar-refractivity contribution < 1.29 is 5.11 Å². The van der Waals surface area contributed by atoms with Crippen molar-refractivity contribution in [1.29, 1.82) is 0 Å². The van der Waals surface area contributed by atoms with Gasteiger partial charge in [0.25, 0.3) is 0 Å². The van der Waals surface area contributed by atoms with Gasteiger partial charge in [-0.15, -0.1) is 0 Å². The Kier molecular flexibility index (Phi) is 5.70. The van der Waals surface area contributed by atoms with Crippen LogP contribution in [0, 0.1) is 12.8 Å². The Balaban J connectivity index is 3.27. The lowest BCUT2D eigenvalue weighted by atomic mass is 9.99. The number of aliphatic hydroxyl groups is 1. The first kappa shape index (κ1) is 9.96. The lowest BCUT2D eigenvalue weighted by molar-refractivity contribution is 0.135. The van der Waals surface area contributed by atoms with Gasteiger partial charge >= 0.3 is 0 Å². The summed E-state index contributed by atoms with van der Waals surface area (Å²) in [6.45, 7) is 8.01. The molecular weight excluding hydrogens is 124 g/mol. The Hall–Kier alpha value is -0.0400. The first-order chi connectivity index (χ1) is 4.70. The van der Waals surface area contributed by atoms with Crippen LogP contribution in [-0.4, -0.2) is 11.2 Å². The molecular formula is C9H19O. The second-order valence-electron chi connectivity index (χ2n) is 3.07. The molecule has 0 saturated carbocycles. The maximum Gasteiger partial charge on any atom is 0.0542 e. The molecule has 0 spiro atoms. The fourth-order valence-corrected chi connectivity index (χ4v) is 1.03. The first-order valence-electron chi connectivity index (χ1n) is 4.18. The molecule has 0 bridgehead atoms. The molecule has 0 heterocycles. The topological polar surface area (TPSA) is 20.2 Å². The summed E-state index contributed by atoms with van der Waals surface area (Å²) in [5.74, 6) is 0.571. The van der Waals surface area contributed by atoms with Crippen LogP contribution >= 0.6 is 0 Å². The number of aliphatic hydroxyl groups excluding tert-OH is 1. The van der Waals surface area contributed by atoms with E-state index in [1.807, 2.05) is 0 Å². The molecule has 61 valence electrons. The van der Waals surface area contributed by atoms with E-state index in [0.29, 0.717) is 5.92 Å². The molecule has 1 heteroatoms. The molecule has 0 rings (SSSR count). The molecule has 0 aromatic rings. The van der Waals surface area contributed by atoms with Crippen molar-refractivity contribution in [2.75, 3.05) is 0 Å². The van der Waals surface area contributed by atoms with E-state index in [1.165, 1.54) is 0 Å². The third kappa shape index (κ3) is 4.80. The smallest absolute Gasteiger partial charge is 0.0542 e. The van der Waals surface area contributed by atoms with Crippen LogP contribution < -0.4 is 0 Å². The minimum absolute atomic E-state index is 0.0956. The molecule has 1 radical (unpaired) electrons. The van der Waals surface area contributed by atoms with Crippen molar-refractivity contribution in [2.45, 2.75) is 45.6 Å². The summed E-state index contributed by atoms with van der Waals surface area (Å²) in [7, 11) is 0. The maximum atomic E-state index is 9.32. The van der Waals surface area contributed by atoms with E-state index in [2.05, 4.69) is 20.8 Å². The van der Waals surface area contributed by atoms with E-state index in [1.54, 1.807) is 0 Å². The highest BCUT2D eigenvalue weighted by atomic mass is 16.3. The SMILES string of the molecule is [CH2]CC(C)CC(O)CCC. The third-order valence-corrected chi connectivity index (χ3v) is 1.79. The van der Waals surface area contributed by atoms with Crippen molar-refractivity contribution in [3.63, 3.8) is 0 Å². The van der Waals surface area contributed by atoms with Crippen LogP contribution in [0.2, 0.25) is 0 Å². The molecule has 2 atom stereocenters. The van der Waals surface area contributed by atoms with E-state index in [4.69, 9.17) is 0 Å². The van der Waals surface area contributed by atoms with E-state index in [9.17, 15) is 5.11 Å². The Morgan fingerprint density at radius 3 is 2.50 bits per heavy atom. The van der Waals surface area contributed by atoms with Gasteiger partial charge in [-0.1, -0.05) is 33.6 Å². The zero-order chi connectivity index (χ0) is 7.98. The summed E-state index contributed by atoms with van der Waals surface area (Å²) in [6, 6.07) is 0. The van der Waals surface area contributed by atoms with Crippen LogP contribution in [0.4, 0.5) is 0 Å². The molecule has 0 saturated heterocycles. The molecule has 2 unspecified atom stereocenters. The van der Waals surface area contributed by atoms with Gasteiger partial charge in [0.1, 0.15) is 0 Å². The molecule has 1 nitrogen and oxygen atoms in total. The van der Waals surface area contributed by atoms with Crippen LogP contribution in [0.5, 0.6) is 0 Å². The van der Waals surface area contributed by atoms with Gasteiger partial charge in [0.15, 0.2) is 0 Å². The lowest BCUT2D eigenvalue weighted by Gasteiger charge is -2.13. The molecule has 0 fully saturated rings. The second kappa shape index (κ2) is 5.72.